The molecule has 1 aromatic carbocycles. The molecule has 0 unspecified atom stereocenters. The molecule has 0 aliphatic carbocycles. The molecule has 0 bridgehead atoms. The van der Waals surface area contributed by atoms with Crippen LogP contribution in [0.15, 0.2) is 47.3 Å². The molecule has 1 heterocycles. The normalized spacial score (nSPS) is 9.94. The number of para-hydroxylation sites is 1. The number of hydrogen-bond acceptors (Lipinski definition) is 2. The first-order valence-corrected chi connectivity index (χ1v) is 5.06. The largest absolute Gasteiger partial charge is 0.472 e. The highest BCUT2D eigenvalue weighted by molar-refractivity contribution is 5.89. The van der Waals surface area contributed by atoms with E-state index in [0.717, 1.165) is 5.56 Å². The van der Waals surface area contributed by atoms with Crippen LogP contribution in [-0.4, -0.2) is 6.03 Å². The molecule has 1 aromatic heterocycles. The highest BCUT2D eigenvalue weighted by Gasteiger charge is 2.05. The van der Waals surface area contributed by atoms with Crippen molar-refractivity contribution in [2.75, 3.05) is 5.32 Å². The van der Waals surface area contributed by atoms with Gasteiger partial charge in [-0.2, -0.15) is 0 Å². The number of halogens is 1. The third-order valence-electron chi connectivity index (χ3n) is 2.16. The fraction of sp³-hybridized carbons (Fsp3) is 0.0833. The minimum atomic E-state index is -0.467. The Morgan fingerprint density at radius 2 is 2.12 bits per heavy atom. The maximum absolute atomic E-state index is 13.2. The Hall–Kier alpha value is -2.30. The summed E-state index contributed by atoms with van der Waals surface area (Å²) in [4.78, 5) is 11.4. The Balaban J connectivity index is 1.87. The Kier molecular flexibility index (Phi) is 3.40. The van der Waals surface area contributed by atoms with E-state index >= 15 is 0 Å². The van der Waals surface area contributed by atoms with Crippen molar-refractivity contribution >= 4 is 11.7 Å². The van der Waals surface area contributed by atoms with Crippen LogP contribution in [0.1, 0.15) is 5.56 Å². The van der Waals surface area contributed by atoms with Crippen molar-refractivity contribution in [1.82, 2.24) is 5.32 Å². The number of benzene rings is 1. The van der Waals surface area contributed by atoms with Crippen LogP contribution >= 0.6 is 0 Å². The standard InChI is InChI=1S/C12H11FN2O2/c13-10-3-1-2-4-11(10)15-12(16)14-7-9-5-6-17-8-9/h1-6,8H,7H2,(H2,14,15,16). The molecule has 0 fully saturated rings. The van der Waals surface area contributed by atoms with Gasteiger partial charge >= 0.3 is 6.03 Å². The molecule has 0 saturated heterocycles. The number of urea groups is 1. The molecule has 0 aliphatic rings. The van der Waals surface area contributed by atoms with E-state index in [9.17, 15) is 9.18 Å². The van der Waals surface area contributed by atoms with Gasteiger partial charge in [0.1, 0.15) is 5.82 Å². The first-order valence-electron chi connectivity index (χ1n) is 5.06. The van der Waals surface area contributed by atoms with E-state index in [2.05, 4.69) is 10.6 Å². The minimum Gasteiger partial charge on any atom is -0.472 e. The van der Waals surface area contributed by atoms with Crippen molar-refractivity contribution in [1.29, 1.82) is 0 Å². The van der Waals surface area contributed by atoms with Gasteiger partial charge in [0.25, 0.3) is 0 Å². The SMILES string of the molecule is O=C(NCc1ccoc1)Nc1ccccc1F. The van der Waals surface area contributed by atoms with E-state index in [1.165, 1.54) is 24.7 Å². The molecule has 88 valence electrons. The van der Waals surface area contributed by atoms with Gasteiger partial charge < -0.3 is 15.1 Å². The van der Waals surface area contributed by atoms with Gasteiger partial charge in [0.2, 0.25) is 0 Å². The molecule has 4 nitrogen and oxygen atoms in total. The quantitative estimate of drug-likeness (QED) is 0.857. The second-order valence-corrected chi connectivity index (χ2v) is 3.42. The summed E-state index contributed by atoms with van der Waals surface area (Å²) in [5, 5.41) is 5.00. The van der Waals surface area contributed by atoms with Gasteiger partial charge in [-0.05, 0) is 18.2 Å². The highest BCUT2D eigenvalue weighted by atomic mass is 19.1. The maximum atomic E-state index is 13.2. The molecule has 17 heavy (non-hydrogen) atoms. The van der Waals surface area contributed by atoms with Gasteiger partial charge in [-0.25, -0.2) is 9.18 Å². The van der Waals surface area contributed by atoms with Crippen molar-refractivity contribution in [3.63, 3.8) is 0 Å². The smallest absolute Gasteiger partial charge is 0.319 e. The molecule has 5 heteroatoms. The fourth-order valence-corrected chi connectivity index (χ4v) is 1.30. The second kappa shape index (κ2) is 5.16. The van der Waals surface area contributed by atoms with Gasteiger partial charge in [0.05, 0.1) is 18.2 Å². The number of hydrogen-bond donors (Lipinski definition) is 2. The number of carbonyl (C=O) groups is 1. The maximum Gasteiger partial charge on any atom is 0.319 e. The van der Waals surface area contributed by atoms with Crippen LogP contribution in [-0.2, 0) is 6.54 Å². The van der Waals surface area contributed by atoms with Crippen LogP contribution < -0.4 is 10.6 Å². The van der Waals surface area contributed by atoms with Gasteiger partial charge in [0, 0.05) is 12.1 Å². The predicted molar refractivity (Wildman–Crippen MR) is 61.0 cm³/mol. The van der Waals surface area contributed by atoms with E-state index in [-0.39, 0.29) is 5.69 Å². The summed E-state index contributed by atoms with van der Waals surface area (Å²) >= 11 is 0. The van der Waals surface area contributed by atoms with Gasteiger partial charge in [-0.3, -0.25) is 0 Å². The zero-order valence-corrected chi connectivity index (χ0v) is 8.94. The first kappa shape index (κ1) is 11.2. The number of rotatable bonds is 3. The summed E-state index contributed by atoms with van der Waals surface area (Å²) in [5.41, 5.74) is 0.992. The lowest BCUT2D eigenvalue weighted by Crippen LogP contribution is -2.28. The lowest BCUT2D eigenvalue weighted by atomic mass is 10.3. The van der Waals surface area contributed by atoms with Gasteiger partial charge in [-0.1, -0.05) is 12.1 Å². The Morgan fingerprint density at radius 1 is 1.29 bits per heavy atom. The van der Waals surface area contributed by atoms with Crippen LogP contribution in [0.5, 0.6) is 0 Å². The van der Waals surface area contributed by atoms with Crippen LogP contribution in [0, 0.1) is 5.82 Å². The van der Waals surface area contributed by atoms with E-state index in [1.54, 1.807) is 18.2 Å². The van der Waals surface area contributed by atoms with Crippen LogP contribution in [0.25, 0.3) is 0 Å². The molecule has 0 saturated carbocycles. The Bertz CT molecular complexity index is 497. The zero-order chi connectivity index (χ0) is 12.1. The summed E-state index contributed by atoms with van der Waals surface area (Å²) in [6.45, 7) is 0.330. The number of furan rings is 1. The molecule has 2 rings (SSSR count). The summed E-state index contributed by atoms with van der Waals surface area (Å²) in [6.07, 6.45) is 3.05. The van der Waals surface area contributed by atoms with Gasteiger partial charge in [0.15, 0.2) is 0 Å². The summed E-state index contributed by atoms with van der Waals surface area (Å²) in [6, 6.07) is 7.26. The second-order valence-electron chi connectivity index (χ2n) is 3.42. The Morgan fingerprint density at radius 3 is 2.82 bits per heavy atom. The lowest BCUT2D eigenvalue weighted by molar-refractivity contribution is 0.251. The number of carbonyl (C=O) groups excluding carboxylic acids is 1. The van der Waals surface area contributed by atoms with Crippen molar-refractivity contribution in [2.45, 2.75) is 6.54 Å². The topological polar surface area (TPSA) is 54.3 Å². The molecule has 2 N–H and O–H groups in total. The Labute approximate surface area is 97.4 Å². The van der Waals surface area contributed by atoms with Crippen molar-refractivity contribution in [3.05, 3.63) is 54.2 Å². The van der Waals surface area contributed by atoms with E-state index < -0.39 is 11.8 Å². The highest BCUT2D eigenvalue weighted by Crippen LogP contribution is 2.11. The monoisotopic (exact) mass is 234 g/mol. The molecular formula is C12H11FN2O2. The molecular weight excluding hydrogens is 223 g/mol. The summed E-state index contributed by atoms with van der Waals surface area (Å²) in [7, 11) is 0. The van der Waals surface area contributed by atoms with Crippen molar-refractivity contribution in [2.24, 2.45) is 0 Å². The zero-order valence-electron chi connectivity index (χ0n) is 8.94. The van der Waals surface area contributed by atoms with Crippen molar-refractivity contribution in [3.8, 4) is 0 Å². The number of anilines is 1. The number of nitrogens with one attached hydrogen (secondary N) is 2. The first-order chi connectivity index (χ1) is 8.25. The average molecular weight is 234 g/mol. The lowest BCUT2D eigenvalue weighted by Gasteiger charge is -2.07. The van der Waals surface area contributed by atoms with Gasteiger partial charge in [-0.15, -0.1) is 0 Å². The molecule has 0 spiro atoms. The third-order valence-corrected chi connectivity index (χ3v) is 2.16. The van der Waals surface area contributed by atoms with Crippen LogP contribution in [0.4, 0.5) is 14.9 Å². The van der Waals surface area contributed by atoms with E-state index in [0.29, 0.717) is 6.54 Å². The number of amides is 2. The summed E-state index contributed by atoms with van der Waals surface area (Å²) in [5.74, 6) is -0.467. The van der Waals surface area contributed by atoms with E-state index in [1.807, 2.05) is 0 Å². The predicted octanol–water partition coefficient (Wildman–Crippen LogP) is 2.74. The average Bonchev–Trinajstić information content (AvgIpc) is 2.82. The molecule has 2 aromatic rings. The van der Waals surface area contributed by atoms with Crippen LogP contribution in [0.2, 0.25) is 0 Å². The van der Waals surface area contributed by atoms with E-state index in [4.69, 9.17) is 4.42 Å². The fourth-order valence-electron chi connectivity index (χ4n) is 1.30. The van der Waals surface area contributed by atoms with Crippen molar-refractivity contribution < 1.29 is 13.6 Å². The molecule has 0 atom stereocenters. The molecule has 2 amide bonds. The third kappa shape index (κ3) is 3.07. The van der Waals surface area contributed by atoms with Crippen LogP contribution in [0.3, 0.4) is 0 Å². The molecule has 0 aliphatic heterocycles. The minimum absolute atomic E-state index is 0.150. The summed E-state index contributed by atoms with van der Waals surface area (Å²) < 4.78 is 18.1. The molecule has 0 radical (unpaired) electrons.